The summed E-state index contributed by atoms with van der Waals surface area (Å²) >= 11 is 0. The summed E-state index contributed by atoms with van der Waals surface area (Å²) in [6.07, 6.45) is 6.24. The molecule has 1 aromatic heterocycles. The first-order valence-corrected chi connectivity index (χ1v) is 11.8. The van der Waals surface area contributed by atoms with Gasteiger partial charge in [0.25, 0.3) is 5.91 Å². The number of carbonyl (C=O) groups excluding carboxylic acids is 1. The van der Waals surface area contributed by atoms with Crippen LogP contribution in [0.2, 0.25) is 0 Å². The van der Waals surface area contributed by atoms with Crippen molar-refractivity contribution >= 4 is 12.0 Å². The quantitative estimate of drug-likeness (QED) is 0.412. The minimum Gasteiger partial charge on any atom is -0.495 e. The average molecular weight is 498 g/mol. The summed E-state index contributed by atoms with van der Waals surface area (Å²) in [7, 11) is 1.57. The summed E-state index contributed by atoms with van der Waals surface area (Å²) in [6.45, 7) is 1.89. The zero-order valence-corrected chi connectivity index (χ0v) is 19.9. The van der Waals surface area contributed by atoms with Gasteiger partial charge in [-0.15, -0.1) is 0 Å². The first-order chi connectivity index (χ1) is 17.2. The standard InChI is InChI=1S/C27H26F3N3O3/c1-15-13-32(14-31-15)23-6-3-16(8-25(23)36-2)7-17-4-5-19-11-20(34)12-24(33(19)27(17)35)18-9-21(28)26(30)22(29)10-18/h3,6-10,13-14,19-20,24,34H,4-5,11-12H2,1-2H3/t19-,20?,24?/m0/s1. The summed E-state index contributed by atoms with van der Waals surface area (Å²) in [4.78, 5) is 19.4. The van der Waals surface area contributed by atoms with Gasteiger partial charge in [0.05, 0.1) is 37.0 Å². The van der Waals surface area contributed by atoms with Gasteiger partial charge >= 0.3 is 0 Å². The molecule has 1 amide bonds. The second-order valence-electron chi connectivity index (χ2n) is 9.37. The Morgan fingerprint density at radius 2 is 1.89 bits per heavy atom. The molecule has 6 nitrogen and oxygen atoms in total. The Bertz CT molecular complexity index is 1330. The largest absolute Gasteiger partial charge is 0.495 e. The number of methoxy groups -OCH3 is 1. The first-order valence-electron chi connectivity index (χ1n) is 11.8. The Hall–Kier alpha value is -3.59. The number of imidazole rings is 1. The number of carbonyl (C=O) groups is 1. The molecule has 36 heavy (non-hydrogen) atoms. The van der Waals surface area contributed by atoms with E-state index in [4.69, 9.17) is 4.74 Å². The third kappa shape index (κ3) is 4.39. The predicted octanol–water partition coefficient (Wildman–Crippen LogP) is 4.88. The molecule has 0 aliphatic carbocycles. The van der Waals surface area contributed by atoms with Gasteiger partial charge in [-0.1, -0.05) is 6.07 Å². The van der Waals surface area contributed by atoms with Crippen LogP contribution in [0.1, 0.15) is 48.5 Å². The normalized spacial score (nSPS) is 23.2. The highest BCUT2D eigenvalue weighted by Gasteiger charge is 2.42. The number of nitrogens with zero attached hydrogens (tertiary/aromatic N) is 3. The Morgan fingerprint density at radius 1 is 1.14 bits per heavy atom. The Labute approximate surface area is 206 Å². The fourth-order valence-electron chi connectivity index (χ4n) is 5.26. The molecule has 2 fully saturated rings. The van der Waals surface area contributed by atoms with E-state index in [-0.39, 0.29) is 23.9 Å². The van der Waals surface area contributed by atoms with Gasteiger partial charge in [-0.2, -0.15) is 0 Å². The van der Waals surface area contributed by atoms with Crippen molar-refractivity contribution in [1.82, 2.24) is 14.5 Å². The molecule has 0 saturated carbocycles. The molecule has 5 rings (SSSR count). The molecule has 3 aromatic rings. The average Bonchev–Trinajstić information content (AvgIpc) is 3.29. The summed E-state index contributed by atoms with van der Waals surface area (Å²) in [5, 5.41) is 10.4. The summed E-state index contributed by atoms with van der Waals surface area (Å²) in [5.41, 5.74) is 3.12. The van der Waals surface area contributed by atoms with Crippen molar-refractivity contribution < 1.29 is 27.8 Å². The van der Waals surface area contributed by atoms with Crippen molar-refractivity contribution in [2.75, 3.05) is 7.11 Å². The number of piperidine rings is 2. The molecular formula is C27H26F3N3O3. The number of aromatic nitrogens is 2. The van der Waals surface area contributed by atoms with E-state index in [2.05, 4.69) is 4.98 Å². The molecule has 0 radical (unpaired) electrons. The van der Waals surface area contributed by atoms with Crippen molar-refractivity contribution in [2.45, 2.75) is 50.8 Å². The van der Waals surface area contributed by atoms with Crippen molar-refractivity contribution in [3.8, 4) is 11.4 Å². The Balaban J connectivity index is 1.47. The van der Waals surface area contributed by atoms with Crippen LogP contribution in [0.5, 0.6) is 5.75 Å². The van der Waals surface area contributed by atoms with Gasteiger partial charge in [-0.3, -0.25) is 4.79 Å². The topological polar surface area (TPSA) is 67.6 Å². The second-order valence-corrected chi connectivity index (χ2v) is 9.37. The van der Waals surface area contributed by atoms with Crippen molar-refractivity contribution in [2.24, 2.45) is 0 Å². The molecule has 9 heteroatoms. The molecule has 2 aliphatic rings. The maximum atomic E-state index is 14.0. The molecule has 3 atom stereocenters. The first kappa shape index (κ1) is 24.1. The zero-order valence-electron chi connectivity index (χ0n) is 19.9. The van der Waals surface area contributed by atoms with Gasteiger partial charge in [-0.05, 0) is 74.1 Å². The van der Waals surface area contributed by atoms with Crippen LogP contribution in [0.15, 0.2) is 48.4 Å². The van der Waals surface area contributed by atoms with Gasteiger partial charge in [0.15, 0.2) is 17.5 Å². The highest BCUT2D eigenvalue weighted by atomic mass is 19.2. The van der Waals surface area contributed by atoms with Crippen molar-refractivity contribution in [1.29, 1.82) is 0 Å². The number of benzene rings is 2. The lowest BCUT2D eigenvalue weighted by atomic mass is 9.82. The molecule has 2 saturated heterocycles. The summed E-state index contributed by atoms with van der Waals surface area (Å²) in [6, 6.07) is 6.37. The molecule has 2 aromatic carbocycles. The second kappa shape index (κ2) is 9.46. The van der Waals surface area contributed by atoms with Gasteiger partial charge in [0.1, 0.15) is 5.75 Å². The molecular weight excluding hydrogens is 471 g/mol. The number of rotatable bonds is 4. The van der Waals surface area contributed by atoms with Crippen LogP contribution in [0.3, 0.4) is 0 Å². The van der Waals surface area contributed by atoms with Crippen LogP contribution in [0, 0.1) is 24.4 Å². The highest BCUT2D eigenvalue weighted by molar-refractivity contribution is 5.99. The number of hydrogen-bond donors (Lipinski definition) is 1. The summed E-state index contributed by atoms with van der Waals surface area (Å²) < 4.78 is 49.0. The number of halogens is 3. The zero-order chi connectivity index (χ0) is 25.6. The van der Waals surface area contributed by atoms with E-state index in [1.807, 2.05) is 35.9 Å². The van der Waals surface area contributed by atoms with Crippen molar-refractivity contribution in [3.63, 3.8) is 0 Å². The smallest absolute Gasteiger partial charge is 0.250 e. The van der Waals surface area contributed by atoms with E-state index in [1.165, 1.54) is 0 Å². The maximum Gasteiger partial charge on any atom is 0.250 e. The SMILES string of the molecule is COc1cc(C=C2CC[C@H]3CC(O)CC(c4cc(F)c(F)c(F)c4)N3C2=O)ccc1-n1cnc(C)c1. The molecule has 0 spiro atoms. The number of ether oxygens (including phenoxy) is 1. The number of amides is 1. The highest BCUT2D eigenvalue weighted by Crippen LogP contribution is 2.41. The summed E-state index contributed by atoms with van der Waals surface area (Å²) in [5.74, 6) is -3.84. The molecule has 2 unspecified atom stereocenters. The Kier molecular flexibility index (Phi) is 6.34. The minimum absolute atomic E-state index is 0.118. The van der Waals surface area contributed by atoms with E-state index < -0.39 is 29.6 Å². The lowest BCUT2D eigenvalue weighted by Crippen LogP contribution is -2.52. The van der Waals surface area contributed by atoms with E-state index in [0.717, 1.165) is 29.1 Å². The minimum atomic E-state index is -1.56. The fraction of sp³-hybridized carbons (Fsp3) is 0.333. The molecule has 1 N–H and O–H groups in total. The molecule has 0 bridgehead atoms. The molecule has 3 heterocycles. The monoisotopic (exact) mass is 497 g/mol. The molecule has 2 aliphatic heterocycles. The number of aliphatic hydroxyl groups excluding tert-OH is 1. The van der Waals surface area contributed by atoms with Crippen LogP contribution < -0.4 is 4.74 Å². The molecule has 188 valence electrons. The van der Waals surface area contributed by atoms with Gasteiger partial charge in [-0.25, -0.2) is 18.2 Å². The fourth-order valence-corrected chi connectivity index (χ4v) is 5.26. The lowest BCUT2D eigenvalue weighted by Gasteiger charge is -2.47. The number of aliphatic hydroxyl groups is 1. The maximum absolute atomic E-state index is 14.0. The van der Waals surface area contributed by atoms with Crippen LogP contribution in [0.4, 0.5) is 13.2 Å². The van der Waals surface area contributed by atoms with E-state index in [9.17, 15) is 23.1 Å². The van der Waals surface area contributed by atoms with E-state index in [1.54, 1.807) is 24.4 Å². The Morgan fingerprint density at radius 3 is 2.56 bits per heavy atom. The van der Waals surface area contributed by atoms with Gasteiger partial charge in [0, 0.05) is 17.8 Å². The van der Waals surface area contributed by atoms with Crippen LogP contribution in [-0.2, 0) is 4.79 Å². The van der Waals surface area contributed by atoms with Crippen LogP contribution in [0.25, 0.3) is 11.8 Å². The predicted molar refractivity (Wildman–Crippen MR) is 127 cm³/mol. The number of fused-ring (bicyclic) bond motifs is 1. The van der Waals surface area contributed by atoms with E-state index in [0.29, 0.717) is 30.6 Å². The third-order valence-corrected chi connectivity index (χ3v) is 6.95. The third-order valence-electron chi connectivity index (χ3n) is 6.95. The van der Waals surface area contributed by atoms with Gasteiger partial charge in [0.2, 0.25) is 0 Å². The number of aryl methyl sites for hydroxylation is 1. The lowest BCUT2D eigenvalue weighted by molar-refractivity contribution is -0.139. The van der Waals surface area contributed by atoms with Crippen LogP contribution in [-0.4, -0.2) is 44.7 Å². The van der Waals surface area contributed by atoms with Crippen LogP contribution >= 0.6 is 0 Å². The van der Waals surface area contributed by atoms with Gasteiger partial charge < -0.3 is 19.3 Å². The van der Waals surface area contributed by atoms with Crippen molar-refractivity contribution in [3.05, 3.63) is 82.7 Å². The van der Waals surface area contributed by atoms with E-state index >= 15 is 0 Å². The number of hydrogen-bond acceptors (Lipinski definition) is 4.